The summed E-state index contributed by atoms with van der Waals surface area (Å²) in [7, 11) is 0. The van der Waals surface area contributed by atoms with Crippen molar-refractivity contribution in [3.63, 3.8) is 0 Å². The molecule has 1 spiro atoms. The van der Waals surface area contributed by atoms with Crippen LogP contribution in [0.1, 0.15) is 38.5 Å². The Hall–Kier alpha value is -1.92. The average molecular weight is 277 g/mol. The molecule has 0 amide bonds. The van der Waals surface area contributed by atoms with Crippen LogP contribution in [0.4, 0.5) is 17.5 Å². The monoisotopic (exact) mass is 277 g/mol. The van der Waals surface area contributed by atoms with Crippen LogP contribution in [0.3, 0.4) is 0 Å². The molecule has 3 rings (SSSR count). The third kappa shape index (κ3) is 2.28. The Bertz CT molecular complexity index is 517. The summed E-state index contributed by atoms with van der Waals surface area (Å²) in [6.45, 7) is 1.63. The highest BCUT2D eigenvalue weighted by Gasteiger charge is 2.38. The normalized spacial score (nSPS) is 21.3. The molecule has 0 radical (unpaired) electrons. The lowest BCUT2D eigenvalue weighted by molar-refractivity contribution is -0.384. The van der Waals surface area contributed by atoms with Gasteiger partial charge in [0.1, 0.15) is 6.20 Å². The van der Waals surface area contributed by atoms with Crippen LogP contribution in [0.2, 0.25) is 0 Å². The molecule has 2 N–H and O–H groups in total. The minimum Gasteiger partial charge on any atom is -0.368 e. The van der Waals surface area contributed by atoms with Crippen molar-refractivity contribution in [2.24, 2.45) is 5.41 Å². The van der Waals surface area contributed by atoms with Crippen LogP contribution in [0.15, 0.2) is 6.20 Å². The number of hydrogen-bond acceptors (Lipinski definition) is 6. The van der Waals surface area contributed by atoms with Gasteiger partial charge in [0, 0.05) is 13.1 Å². The molecule has 1 saturated carbocycles. The van der Waals surface area contributed by atoms with Crippen LogP contribution < -0.4 is 10.6 Å². The van der Waals surface area contributed by atoms with Gasteiger partial charge in [0.15, 0.2) is 0 Å². The second-order valence-electron chi connectivity index (χ2n) is 5.89. The smallest absolute Gasteiger partial charge is 0.329 e. The van der Waals surface area contributed by atoms with Crippen molar-refractivity contribution in [2.45, 2.75) is 38.5 Å². The van der Waals surface area contributed by atoms with Crippen molar-refractivity contribution >= 4 is 17.5 Å². The van der Waals surface area contributed by atoms with E-state index < -0.39 is 4.92 Å². The average Bonchev–Trinajstić information content (AvgIpc) is 2.87. The molecular formula is C13H19N5O2. The van der Waals surface area contributed by atoms with Gasteiger partial charge in [0.2, 0.25) is 11.8 Å². The van der Waals surface area contributed by atoms with Crippen molar-refractivity contribution in [2.75, 3.05) is 23.7 Å². The lowest BCUT2D eigenvalue weighted by atomic mass is 9.77. The maximum atomic E-state index is 11.1. The molecule has 0 bridgehead atoms. The summed E-state index contributed by atoms with van der Waals surface area (Å²) >= 11 is 0. The summed E-state index contributed by atoms with van der Waals surface area (Å²) in [6, 6.07) is 0. The lowest BCUT2D eigenvalue weighted by Gasteiger charge is -2.39. The SMILES string of the molecule is Nc1ncc([N+](=O)[O-])c(N2CCC3(CCCC3)CC2)n1. The lowest BCUT2D eigenvalue weighted by Crippen LogP contribution is -2.39. The van der Waals surface area contributed by atoms with Crippen molar-refractivity contribution in [3.05, 3.63) is 16.3 Å². The van der Waals surface area contributed by atoms with Gasteiger partial charge in [-0.2, -0.15) is 4.98 Å². The summed E-state index contributed by atoms with van der Waals surface area (Å²) in [5.41, 5.74) is 6.00. The van der Waals surface area contributed by atoms with Crippen LogP contribution >= 0.6 is 0 Å². The Morgan fingerprint density at radius 1 is 1.25 bits per heavy atom. The highest BCUT2D eigenvalue weighted by atomic mass is 16.6. The third-order valence-electron chi connectivity index (χ3n) is 4.75. The van der Waals surface area contributed by atoms with Crippen LogP contribution in [-0.4, -0.2) is 28.0 Å². The fraction of sp³-hybridized carbons (Fsp3) is 0.692. The predicted molar refractivity (Wildman–Crippen MR) is 75.4 cm³/mol. The van der Waals surface area contributed by atoms with Crippen molar-refractivity contribution in [1.82, 2.24) is 9.97 Å². The fourth-order valence-corrected chi connectivity index (χ4v) is 3.56. The van der Waals surface area contributed by atoms with E-state index in [-0.39, 0.29) is 11.6 Å². The minimum absolute atomic E-state index is 0.0541. The van der Waals surface area contributed by atoms with Gasteiger partial charge in [-0.3, -0.25) is 10.1 Å². The van der Waals surface area contributed by atoms with Crippen molar-refractivity contribution in [3.8, 4) is 0 Å². The molecule has 1 aromatic heterocycles. The number of rotatable bonds is 2. The molecule has 7 nitrogen and oxygen atoms in total. The minimum atomic E-state index is -0.436. The first-order chi connectivity index (χ1) is 9.60. The fourth-order valence-electron chi connectivity index (χ4n) is 3.56. The van der Waals surface area contributed by atoms with Gasteiger partial charge in [-0.05, 0) is 31.1 Å². The zero-order valence-electron chi connectivity index (χ0n) is 11.4. The first-order valence-electron chi connectivity index (χ1n) is 7.12. The van der Waals surface area contributed by atoms with Crippen LogP contribution in [-0.2, 0) is 0 Å². The van der Waals surface area contributed by atoms with Gasteiger partial charge in [-0.15, -0.1) is 0 Å². The molecule has 1 aromatic rings. The Morgan fingerprint density at radius 3 is 2.50 bits per heavy atom. The quantitative estimate of drug-likeness (QED) is 0.656. The standard InChI is InChI=1S/C13H19N5O2/c14-12-15-9-10(18(19)20)11(16-12)17-7-5-13(6-8-17)3-1-2-4-13/h9H,1-8H2,(H2,14,15,16). The summed E-state index contributed by atoms with van der Waals surface area (Å²) < 4.78 is 0. The van der Waals surface area contributed by atoms with Crippen LogP contribution in [0, 0.1) is 15.5 Å². The van der Waals surface area contributed by atoms with E-state index in [1.54, 1.807) is 0 Å². The molecule has 1 saturated heterocycles. The Balaban J connectivity index is 1.80. The maximum absolute atomic E-state index is 11.1. The van der Waals surface area contributed by atoms with Crippen molar-refractivity contribution in [1.29, 1.82) is 0 Å². The number of nitrogens with two attached hydrogens (primary N) is 1. The molecule has 2 fully saturated rings. The van der Waals surface area contributed by atoms with E-state index in [0.717, 1.165) is 25.9 Å². The number of aromatic nitrogens is 2. The largest absolute Gasteiger partial charge is 0.368 e. The van der Waals surface area contributed by atoms with E-state index in [0.29, 0.717) is 11.2 Å². The van der Waals surface area contributed by atoms with E-state index in [1.807, 2.05) is 4.90 Å². The summed E-state index contributed by atoms with van der Waals surface area (Å²) in [4.78, 5) is 20.4. The first kappa shape index (κ1) is 13.1. The molecule has 2 heterocycles. The molecule has 1 aliphatic heterocycles. The predicted octanol–water partition coefficient (Wildman–Crippen LogP) is 2.13. The van der Waals surface area contributed by atoms with Crippen LogP contribution in [0.5, 0.6) is 0 Å². The summed E-state index contributed by atoms with van der Waals surface area (Å²) in [5, 5.41) is 11.1. The molecule has 7 heteroatoms. The summed E-state index contributed by atoms with van der Waals surface area (Å²) in [6.07, 6.45) is 8.63. The molecule has 20 heavy (non-hydrogen) atoms. The molecule has 108 valence electrons. The van der Waals surface area contributed by atoms with Gasteiger partial charge < -0.3 is 10.6 Å². The molecular weight excluding hydrogens is 258 g/mol. The number of piperidine rings is 1. The Labute approximate surface area is 117 Å². The zero-order valence-corrected chi connectivity index (χ0v) is 11.4. The van der Waals surface area contributed by atoms with Gasteiger partial charge in [-0.25, -0.2) is 4.98 Å². The van der Waals surface area contributed by atoms with E-state index in [4.69, 9.17) is 5.73 Å². The van der Waals surface area contributed by atoms with E-state index in [9.17, 15) is 10.1 Å². The third-order valence-corrected chi connectivity index (χ3v) is 4.75. The summed E-state index contributed by atoms with van der Waals surface area (Å²) in [5.74, 6) is 0.460. The highest BCUT2D eigenvalue weighted by molar-refractivity contribution is 5.58. The molecule has 0 unspecified atom stereocenters. The highest BCUT2D eigenvalue weighted by Crippen LogP contribution is 2.47. The van der Waals surface area contributed by atoms with Crippen LogP contribution in [0.25, 0.3) is 0 Å². The molecule has 2 aliphatic rings. The van der Waals surface area contributed by atoms with E-state index in [2.05, 4.69) is 9.97 Å². The topological polar surface area (TPSA) is 98.2 Å². The first-order valence-corrected chi connectivity index (χ1v) is 7.12. The van der Waals surface area contributed by atoms with Gasteiger partial charge >= 0.3 is 5.69 Å². The van der Waals surface area contributed by atoms with Crippen molar-refractivity contribution < 1.29 is 4.92 Å². The van der Waals surface area contributed by atoms with Gasteiger partial charge in [0.05, 0.1) is 4.92 Å². The number of hydrogen-bond donors (Lipinski definition) is 1. The van der Waals surface area contributed by atoms with E-state index >= 15 is 0 Å². The number of nitro groups is 1. The van der Waals surface area contributed by atoms with Gasteiger partial charge in [0.25, 0.3) is 0 Å². The second kappa shape index (κ2) is 4.88. The molecule has 0 atom stereocenters. The number of nitrogens with zero attached hydrogens (tertiary/aromatic N) is 4. The van der Waals surface area contributed by atoms with Gasteiger partial charge in [-0.1, -0.05) is 12.8 Å². The molecule has 0 aromatic carbocycles. The molecule has 1 aliphatic carbocycles. The Kier molecular flexibility index (Phi) is 3.19. The Morgan fingerprint density at radius 2 is 1.90 bits per heavy atom. The van der Waals surface area contributed by atoms with E-state index in [1.165, 1.54) is 31.9 Å². The second-order valence-corrected chi connectivity index (χ2v) is 5.89. The number of anilines is 2. The zero-order chi connectivity index (χ0) is 14.2. The number of nitrogen functional groups attached to an aromatic ring is 1. The maximum Gasteiger partial charge on any atom is 0.329 e.